The van der Waals surface area contributed by atoms with E-state index in [4.69, 9.17) is 16.3 Å². The average molecular weight is 463 g/mol. The van der Waals surface area contributed by atoms with E-state index in [1.807, 2.05) is 48.1 Å². The quantitative estimate of drug-likeness (QED) is 0.432. The number of rotatable bonds is 5. The first-order valence-corrected chi connectivity index (χ1v) is 11.4. The molecule has 0 spiro atoms. The van der Waals surface area contributed by atoms with Gasteiger partial charge in [0.05, 0.1) is 19.0 Å². The van der Waals surface area contributed by atoms with Gasteiger partial charge in [0.15, 0.2) is 5.65 Å². The molecule has 3 heterocycles. The number of halogens is 1. The molecule has 1 aliphatic rings. The number of anilines is 3. The summed E-state index contributed by atoms with van der Waals surface area (Å²) >= 11 is 6.31. The fraction of sp³-hybridized carbons (Fsp3) is 0.280. The zero-order valence-corrected chi connectivity index (χ0v) is 19.8. The van der Waals surface area contributed by atoms with Crippen LogP contribution in [-0.2, 0) is 0 Å². The van der Waals surface area contributed by atoms with Gasteiger partial charge in [-0.05, 0) is 48.5 Å². The van der Waals surface area contributed by atoms with Crippen molar-refractivity contribution in [3.63, 3.8) is 0 Å². The maximum absolute atomic E-state index is 6.31. The van der Waals surface area contributed by atoms with Gasteiger partial charge < -0.3 is 19.4 Å². The van der Waals surface area contributed by atoms with Gasteiger partial charge >= 0.3 is 0 Å². The van der Waals surface area contributed by atoms with Crippen LogP contribution in [0.2, 0.25) is 5.02 Å². The lowest BCUT2D eigenvalue weighted by molar-refractivity contribution is 0.313. The zero-order chi connectivity index (χ0) is 22.9. The fourth-order valence-electron chi connectivity index (χ4n) is 4.40. The Morgan fingerprint density at radius 1 is 0.970 bits per heavy atom. The summed E-state index contributed by atoms with van der Waals surface area (Å²) in [5.41, 5.74) is 5.05. The smallest absolute Gasteiger partial charge is 0.157 e. The Hall–Kier alpha value is -3.29. The third kappa shape index (κ3) is 4.10. The van der Waals surface area contributed by atoms with Gasteiger partial charge in [0, 0.05) is 50.5 Å². The second kappa shape index (κ2) is 8.92. The van der Waals surface area contributed by atoms with Gasteiger partial charge in [-0.2, -0.15) is 9.61 Å². The van der Waals surface area contributed by atoms with E-state index in [1.54, 1.807) is 13.3 Å². The molecule has 1 aliphatic heterocycles. The van der Waals surface area contributed by atoms with Crippen molar-refractivity contribution in [2.45, 2.75) is 0 Å². The number of piperazine rings is 1. The molecule has 5 rings (SSSR count). The summed E-state index contributed by atoms with van der Waals surface area (Å²) < 4.78 is 7.81. The minimum Gasteiger partial charge on any atom is -0.494 e. The van der Waals surface area contributed by atoms with Crippen LogP contribution < -0.4 is 14.5 Å². The first kappa shape index (κ1) is 21.6. The summed E-state index contributed by atoms with van der Waals surface area (Å²) in [7, 11) is 5.93. The molecule has 0 bridgehead atoms. The van der Waals surface area contributed by atoms with Crippen LogP contribution in [0.4, 0.5) is 17.2 Å². The highest BCUT2D eigenvalue weighted by Crippen LogP contribution is 2.44. The lowest BCUT2D eigenvalue weighted by atomic mass is 10.0. The predicted molar refractivity (Wildman–Crippen MR) is 134 cm³/mol. The average Bonchev–Trinajstić information content (AvgIpc) is 3.32. The predicted octanol–water partition coefficient (Wildman–Crippen LogP) is 4.58. The first-order valence-electron chi connectivity index (χ1n) is 11.0. The Kier molecular flexibility index (Phi) is 5.83. The van der Waals surface area contributed by atoms with Crippen LogP contribution in [0.5, 0.6) is 5.75 Å². The van der Waals surface area contributed by atoms with E-state index in [9.17, 15) is 0 Å². The minimum atomic E-state index is 0.715. The SMILES string of the molecule is COc1cc(-c2cccc(Cl)c2)cc(N2CCN(C)CC2)c1N(C)c1ccnc2ccnn12. The molecule has 0 amide bonds. The number of likely N-dealkylation sites (N-methyl/N-ethyl adjacent to an activating group) is 1. The van der Waals surface area contributed by atoms with E-state index < -0.39 is 0 Å². The molecule has 4 aromatic rings. The van der Waals surface area contributed by atoms with Crippen molar-refractivity contribution in [3.05, 3.63) is 65.9 Å². The van der Waals surface area contributed by atoms with Gasteiger partial charge in [0.25, 0.3) is 0 Å². The van der Waals surface area contributed by atoms with E-state index in [2.05, 4.69) is 50.0 Å². The largest absolute Gasteiger partial charge is 0.494 e. The van der Waals surface area contributed by atoms with Crippen molar-refractivity contribution in [3.8, 4) is 16.9 Å². The van der Waals surface area contributed by atoms with Gasteiger partial charge in [-0.15, -0.1) is 0 Å². The summed E-state index contributed by atoms with van der Waals surface area (Å²) in [5, 5.41) is 5.20. The highest BCUT2D eigenvalue weighted by atomic mass is 35.5. The van der Waals surface area contributed by atoms with Crippen LogP contribution in [0.25, 0.3) is 16.8 Å². The van der Waals surface area contributed by atoms with Crippen molar-refractivity contribution in [1.82, 2.24) is 19.5 Å². The third-order valence-corrected chi connectivity index (χ3v) is 6.46. The topological polar surface area (TPSA) is 49.1 Å². The maximum atomic E-state index is 6.31. The lowest BCUT2D eigenvalue weighted by Gasteiger charge is -2.37. The van der Waals surface area contributed by atoms with E-state index in [0.717, 1.165) is 65.9 Å². The van der Waals surface area contributed by atoms with Crippen molar-refractivity contribution in [2.75, 3.05) is 57.2 Å². The number of methoxy groups -OCH3 is 1. The first-order chi connectivity index (χ1) is 16.0. The normalized spacial score (nSPS) is 14.6. The highest BCUT2D eigenvalue weighted by molar-refractivity contribution is 6.30. The van der Waals surface area contributed by atoms with Crippen LogP contribution in [0, 0.1) is 0 Å². The molecule has 170 valence electrons. The van der Waals surface area contributed by atoms with E-state index >= 15 is 0 Å². The Morgan fingerprint density at radius 2 is 1.79 bits per heavy atom. The molecule has 0 atom stereocenters. The Labute approximate surface area is 198 Å². The molecule has 2 aromatic heterocycles. The molecule has 0 unspecified atom stereocenters. The molecular formula is C25H27ClN6O. The second-order valence-electron chi connectivity index (χ2n) is 8.31. The van der Waals surface area contributed by atoms with Crippen molar-refractivity contribution < 1.29 is 4.74 Å². The lowest BCUT2D eigenvalue weighted by Crippen LogP contribution is -2.45. The van der Waals surface area contributed by atoms with Gasteiger partial charge in [-0.25, -0.2) is 4.98 Å². The van der Waals surface area contributed by atoms with E-state index in [1.165, 1.54) is 0 Å². The number of ether oxygens (including phenoxy) is 1. The molecule has 1 fully saturated rings. The molecule has 7 nitrogen and oxygen atoms in total. The second-order valence-corrected chi connectivity index (χ2v) is 8.75. The number of nitrogens with zero attached hydrogens (tertiary/aromatic N) is 6. The van der Waals surface area contributed by atoms with Crippen LogP contribution in [-0.4, -0.2) is 66.9 Å². The minimum absolute atomic E-state index is 0.715. The summed E-state index contributed by atoms with van der Waals surface area (Å²) in [6.07, 6.45) is 3.58. The van der Waals surface area contributed by atoms with Crippen molar-refractivity contribution in [1.29, 1.82) is 0 Å². The van der Waals surface area contributed by atoms with Gasteiger partial charge in [0.1, 0.15) is 17.3 Å². The highest BCUT2D eigenvalue weighted by Gasteiger charge is 2.25. The number of benzene rings is 2. The van der Waals surface area contributed by atoms with Crippen molar-refractivity contribution in [2.24, 2.45) is 0 Å². The number of hydrogen-bond acceptors (Lipinski definition) is 6. The number of fused-ring (bicyclic) bond motifs is 1. The maximum Gasteiger partial charge on any atom is 0.157 e. The summed E-state index contributed by atoms with van der Waals surface area (Å²) in [6, 6.07) is 16.1. The van der Waals surface area contributed by atoms with Crippen LogP contribution in [0.3, 0.4) is 0 Å². The summed E-state index contributed by atoms with van der Waals surface area (Å²) in [5.74, 6) is 1.70. The Bertz CT molecular complexity index is 1280. The molecule has 0 radical (unpaired) electrons. The number of hydrogen-bond donors (Lipinski definition) is 0. The monoisotopic (exact) mass is 462 g/mol. The van der Waals surface area contributed by atoms with Crippen LogP contribution in [0.1, 0.15) is 0 Å². The molecule has 0 saturated carbocycles. The Morgan fingerprint density at radius 3 is 2.55 bits per heavy atom. The summed E-state index contributed by atoms with van der Waals surface area (Å²) in [6.45, 7) is 3.89. The van der Waals surface area contributed by atoms with E-state index in [0.29, 0.717) is 5.02 Å². The molecular weight excluding hydrogens is 436 g/mol. The molecule has 0 N–H and O–H groups in total. The zero-order valence-electron chi connectivity index (χ0n) is 19.1. The fourth-order valence-corrected chi connectivity index (χ4v) is 4.59. The molecule has 33 heavy (non-hydrogen) atoms. The van der Waals surface area contributed by atoms with Gasteiger partial charge in [0.2, 0.25) is 0 Å². The van der Waals surface area contributed by atoms with Crippen molar-refractivity contribution >= 4 is 34.4 Å². The molecule has 2 aromatic carbocycles. The number of aromatic nitrogens is 3. The summed E-state index contributed by atoms with van der Waals surface area (Å²) in [4.78, 5) is 11.3. The van der Waals surface area contributed by atoms with Gasteiger partial charge in [-0.3, -0.25) is 0 Å². The van der Waals surface area contributed by atoms with Crippen LogP contribution in [0.15, 0.2) is 60.9 Å². The van der Waals surface area contributed by atoms with Gasteiger partial charge in [-0.1, -0.05) is 23.7 Å². The van der Waals surface area contributed by atoms with E-state index in [-0.39, 0.29) is 0 Å². The molecule has 8 heteroatoms. The molecule has 1 saturated heterocycles. The Balaban J connectivity index is 1.69. The molecule has 0 aliphatic carbocycles. The standard InChI is InChI=1S/C25H27ClN6O/c1-29-11-13-31(14-12-29)21-16-19(18-5-4-6-20(26)15-18)17-22(33-3)25(21)30(2)24-8-9-27-23-7-10-28-32(23)24/h4-10,15-17H,11-14H2,1-3H3. The third-order valence-electron chi connectivity index (χ3n) is 6.23. The van der Waals surface area contributed by atoms with Crippen LogP contribution >= 0.6 is 11.6 Å².